The van der Waals surface area contributed by atoms with E-state index in [-0.39, 0.29) is 24.1 Å². The number of carbonyl (C=O) groups excluding carboxylic acids is 1. The molecule has 0 radical (unpaired) electrons. The highest BCUT2D eigenvalue weighted by Gasteiger charge is 2.15. The first kappa shape index (κ1) is 16.8. The molecule has 4 rings (SSSR count). The van der Waals surface area contributed by atoms with Crippen LogP contribution in [0.2, 0.25) is 0 Å². The fourth-order valence-corrected chi connectivity index (χ4v) is 3.75. The Morgan fingerprint density at radius 2 is 1.92 bits per heavy atom. The molecule has 3 aromatic rings. The Labute approximate surface area is 151 Å². The van der Waals surface area contributed by atoms with Crippen molar-refractivity contribution in [3.05, 3.63) is 41.1 Å². The van der Waals surface area contributed by atoms with Crippen molar-refractivity contribution in [2.75, 3.05) is 0 Å². The largest absolute Gasteiger partial charge is 0.352 e. The number of pyridine rings is 1. The van der Waals surface area contributed by atoms with Gasteiger partial charge in [0.25, 0.3) is 5.56 Å². The van der Waals surface area contributed by atoms with E-state index in [0.717, 1.165) is 25.7 Å². The van der Waals surface area contributed by atoms with Gasteiger partial charge in [0.15, 0.2) is 5.65 Å². The van der Waals surface area contributed by atoms with Crippen molar-refractivity contribution < 1.29 is 4.79 Å². The van der Waals surface area contributed by atoms with Gasteiger partial charge in [-0.05, 0) is 18.9 Å². The minimum atomic E-state index is -0.222. The number of rotatable bonds is 3. The molecule has 0 spiro atoms. The van der Waals surface area contributed by atoms with E-state index in [0.29, 0.717) is 16.6 Å². The number of nitrogens with one attached hydrogen (secondary N) is 1. The molecular formula is C19H23N5O2. The summed E-state index contributed by atoms with van der Waals surface area (Å²) in [5.41, 5.74) is 1.17. The lowest BCUT2D eigenvalue weighted by Crippen LogP contribution is -2.39. The summed E-state index contributed by atoms with van der Waals surface area (Å²) in [6, 6.07) is 3.82. The van der Waals surface area contributed by atoms with E-state index in [1.54, 1.807) is 29.2 Å². The second kappa shape index (κ2) is 7.27. The van der Waals surface area contributed by atoms with E-state index in [2.05, 4.69) is 15.4 Å². The molecule has 26 heavy (non-hydrogen) atoms. The minimum absolute atomic E-state index is 0.0302. The number of hydrogen-bond acceptors (Lipinski definition) is 4. The number of aromatic nitrogens is 4. The second-order valence-electron chi connectivity index (χ2n) is 7.02. The molecular weight excluding hydrogens is 330 g/mol. The topological polar surface area (TPSA) is 81.3 Å². The summed E-state index contributed by atoms with van der Waals surface area (Å²) < 4.78 is 3.08. The van der Waals surface area contributed by atoms with Crippen molar-refractivity contribution in [1.82, 2.24) is 24.5 Å². The molecule has 0 bridgehead atoms. The monoisotopic (exact) mass is 353 g/mol. The first-order chi connectivity index (χ1) is 12.7. The van der Waals surface area contributed by atoms with Crippen LogP contribution in [0.3, 0.4) is 0 Å². The quantitative estimate of drug-likeness (QED) is 0.783. The molecule has 0 saturated heterocycles. The molecule has 1 saturated carbocycles. The predicted molar refractivity (Wildman–Crippen MR) is 99.0 cm³/mol. The van der Waals surface area contributed by atoms with Gasteiger partial charge >= 0.3 is 0 Å². The molecule has 0 atom stereocenters. The third kappa shape index (κ3) is 3.34. The minimum Gasteiger partial charge on any atom is -0.352 e. The van der Waals surface area contributed by atoms with Gasteiger partial charge in [0.05, 0.1) is 17.1 Å². The smallest absolute Gasteiger partial charge is 0.262 e. The number of hydrogen-bond donors (Lipinski definition) is 1. The molecule has 3 heterocycles. The molecule has 0 aliphatic heterocycles. The first-order valence-corrected chi connectivity index (χ1v) is 9.33. The lowest BCUT2D eigenvalue weighted by molar-refractivity contribution is -0.122. The van der Waals surface area contributed by atoms with Crippen molar-refractivity contribution in [2.24, 2.45) is 0 Å². The zero-order chi connectivity index (χ0) is 17.9. The van der Waals surface area contributed by atoms with Crippen LogP contribution in [-0.4, -0.2) is 31.1 Å². The molecule has 1 N–H and O–H groups in total. The van der Waals surface area contributed by atoms with E-state index in [1.807, 2.05) is 6.07 Å². The van der Waals surface area contributed by atoms with E-state index in [4.69, 9.17) is 0 Å². The van der Waals surface area contributed by atoms with Crippen LogP contribution in [0, 0.1) is 0 Å². The first-order valence-electron chi connectivity index (χ1n) is 9.33. The Morgan fingerprint density at radius 3 is 2.73 bits per heavy atom. The number of carbonyl (C=O) groups is 1. The van der Waals surface area contributed by atoms with Crippen LogP contribution in [0.25, 0.3) is 16.6 Å². The molecule has 0 unspecified atom stereocenters. The molecule has 0 aromatic carbocycles. The Bertz CT molecular complexity index is 982. The van der Waals surface area contributed by atoms with Gasteiger partial charge in [-0.25, -0.2) is 9.50 Å². The molecule has 3 aromatic heterocycles. The zero-order valence-electron chi connectivity index (χ0n) is 14.7. The highest BCUT2D eigenvalue weighted by molar-refractivity contribution is 5.80. The summed E-state index contributed by atoms with van der Waals surface area (Å²) in [5, 5.41) is 7.76. The summed E-state index contributed by atoms with van der Waals surface area (Å²) >= 11 is 0. The fraction of sp³-hybridized carbons (Fsp3) is 0.474. The standard InChI is InChI=1S/C19H23N5O2/c25-18(22-14-6-4-2-1-3-5-7-14)13-23-11-9-16-15(19(23)26)12-20-17-8-10-21-24(16)17/h8-12,14H,1-7,13H2,(H,22,25). The Balaban J connectivity index is 1.53. The predicted octanol–water partition coefficient (Wildman–Crippen LogP) is 2.27. The summed E-state index contributed by atoms with van der Waals surface area (Å²) in [5.74, 6) is -0.106. The molecule has 136 valence electrons. The van der Waals surface area contributed by atoms with E-state index in [9.17, 15) is 9.59 Å². The van der Waals surface area contributed by atoms with E-state index < -0.39 is 0 Å². The number of nitrogens with zero attached hydrogens (tertiary/aromatic N) is 4. The Hall–Kier alpha value is -2.70. The Kier molecular flexibility index (Phi) is 4.69. The average Bonchev–Trinajstić information content (AvgIpc) is 3.08. The highest BCUT2D eigenvalue weighted by atomic mass is 16.2. The normalized spacial score (nSPS) is 16.5. The van der Waals surface area contributed by atoms with Crippen LogP contribution < -0.4 is 10.9 Å². The van der Waals surface area contributed by atoms with Crippen LogP contribution in [-0.2, 0) is 11.3 Å². The second-order valence-corrected chi connectivity index (χ2v) is 7.02. The van der Waals surface area contributed by atoms with Gasteiger partial charge in [-0.1, -0.05) is 32.1 Å². The van der Waals surface area contributed by atoms with Crippen molar-refractivity contribution in [1.29, 1.82) is 0 Å². The maximum absolute atomic E-state index is 12.7. The van der Waals surface area contributed by atoms with Gasteiger partial charge in [-0.15, -0.1) is 0 Å². The van der Waals surface area contributed by atoms with Gasteiger partial charge in [-0.3, -0.25) is 9.59 Å². The van der Waals surface area contributed by atoms with Crippen LogP contribution >= 0.6 is 0 Å². The molecule has 7 heteroatoms. The third-order valence-electron chi connectivity index (χ3n) is 5.14. The molecule has 1 amide bonds. The Morgan fingerprint density at radius 1 is 1.15 bits per heavy atom. The lowest BCUT2D eigenvalue weighted by Gasteiger charge is -2.21. The molecule has 7 nitrogen and oxygen atoms in total. The van der Waals surface area contributed by atoms with E-state index >= 15 is 0 Å². The van der Waals surface area contributed by atoms with Gasteiger partial charge in [0.2, 0.25) is 5.91 Å². The number of fused-ring (bicyclic) bond motifs is 3. The SMILES string of the molecule is O=C(Cn1ccc2c(cnc3ccnn32)c1=O)NC1CCCCCCC1. The average molecular weight is 353 g/mol. The van der Waals surface area contributed by atoms with Crippen molar-refractivity contribution in [3.8, 4) is 0 Å². The lowest BCUT2D eigenvalue weighted by atomic mass is 9.97. The van der Waals surface area contributed by atoms with Crippen molar-refractivity contribution in [2.45, 2.75) is 57.5 Å². The third-order valence-corrected chi connectivity index (χ3v) is 5.14. The zero-order valence-corrected chi connectivity index (χ0v) is 14.7. The van der Waals surface area contributed by atoms with Gasteiger partial charge in [0, 0.05) is 24.5 Å². The molecule has 1 aliphatic carbocycles. The van der Waals surface area contributed by atoms with Crippen LogP contribution in [0.1, 0.15) is 44.9 Å². The maximum Gasteiger partial charge on any atom is 0.262 e. The van der Waals surface area contributed by atoms with Crippen molar-refractivity contribution >= 4 is 22.5 Å². The maximum atomic E-state index is 12.7. The molecule has 1 aliphatic rings. The van der Waals surface area contributed by atoms with Crippen LogP contribution in [0.4, 0.5) is 0 Å². The highest BCUT2D eigenvalue weighted by Crippen LogP contribution is 2.17. The van der Waals surface area contributed by atoms with Gasteiger partial charge < -0.3 is 9.88 Å². The van der Waals surface area contributed by atoms with E-state index in [1.165, 1.54) is 23.8 Å². The summed E-state index contributed by atoms with van der Waals surface area (Å²) in [7, 11) is 0. The fourth-order valence-electron chi connectivity index (χ4n) is 3.75. The van der Waals surface area contributed by atoms with Crippen molar-refractivity contribution in [3.63, 3.8) is 0 Å². The number of amides is 1. The summed E-state index contributed by atoms with van der Waals surface area (Å²) in [6.45, 7) is 0.0302. The van der Waals surface area contributed by atoms with Crippen LogP contribution in [0.5, 0.6) is 0 Å². The summed E-state index contributed by atoms with van der Waals surface area (Å²) in [6.07, 6.45) is 13.0. The van der Waals surface area contributed by atoms with Gasteiger partial charge in [-0.2, -0.15) is 5.10 Å². The molecule has 1 fully saturated rings. The summed E-state index contributed by atoms with van der Waals surface area (Å²) in [4.78, 5) is 29.4. The van der Waals surface area contributed by atoms with Gasteiger partial charge in [0.1, 0.15) is 6.54 Å². The van der Waals surface area contributed by atoms with Crippen LogP contribution in [0.15, 0.2) is 35.5 Å².